The highest BCUT2D eigenvalue weighted by Gasteiger charge is 2.27. The standard InChI is InChI=1S/C38H53N3O5S/c1-22(2)28-17-30(23(3)4)34(31(18-28)24(5)6)21-36(42)41-47(44,45)46-37-32(25(7)8)19-29(20-33(37)26(9)10)40-38(43)35(39)16-27-14-12-11-13-15-27/h11-15,17-20,22-26,35H,16,21,39H2,1-10H3,(H,40,43)(H,41,42)/t35-/m0/s1. The van der Waals surface area contributed by atoms with Gasteiger partial charge in [0.1, 0.15) is 0 Å². The largest absolute Gasteiger partial charge is 0.409 e. The zero-order chi connectivity index (χ0) is 35.2. The quantitative estimate of drug-likeness (QED) is 0.162. The summed E-state index contributed by atoms with van der Waals surface area (Å²) in [6, 6.07) is 16.4. The monoisotopic (exact) mass is 663 g/mol. The molecule has 0 aliphatic carbocycles. The van der Waals surface area contributed by atoms with Crippen LogP contribution in [0.2, 0.25) is 0 Å². The fraction of sp³-hybridized carbons (Fsp3) is 0.474. The Morgan fingerprint density at radius 2 is 1.21 bits per heavy atom. The van der Waals surface area contributed by atoms with Gasteiger partial charge in [0.25, 0.3) is 0 Å². The molecule has 2 amide bonds. The van der Waals surface area contributed by atoms with Crippen molar-refractivity contribution in [2.45, 2.75) is 118 Å². The Bertz CT molecular complexity index is 1600. The van der Waals surface area contributed by atoms with E-state index in [0.29, 0.717) is 29.2 Å². The molecule has 0 heterocycles. The molecular formula is C38H53N3O5S. The molecule has 256 valence electrons. The molecule has 0 aliphatic rings. The highest BCUT2D eigenvalue weighted by atomic mass is 32.2. The van der Waals surface area contributed by atoms with Crippen molar-refractivity contribution in [2.75, 3.05) is 5.32 Å². The van der Waals surface area contributed by atoms with Crippen LogP contribution in [0.25, 0.3) is 0 Å². The van der Waals surface area contributed by atoms with Crippen LogP contribution in [0.1, 0.15) is 138 Å². The van der Waals surface area contributed by atoms with E-state index < -0.39 is 22.3 Å². The topological polar surface area (TPSA) is 128 Å². The first-order chi connectivity index (χ1) is 21.9. The lowest BCUT2D eigenvalue weighted by Gasteiger charge is -2.23. The number of benzene rings is 3. The van der Waals surface area contributed by atoms with E-state index in [1.807, 2.05) is 58.0 Å². The highest BCUT2D eigenvalue weighted by molar-refractivity contribution is 7.85. The van der Waals surface area contributed by atoms with Crippen LogP contribution in [0.3, 0.4) is 0 Å². The molecule has 47 heavy (non-hydrogen) atoms. The normalized spacial score (nSPS) is 12.7. The van der Waals surface area contributed by atoms with E-state index >= 15 is 0 Å². The summed E-state index contributed by atoms with van der Waals surface area (Å²) in [6.45, 7) is 20.2. The summed E-state index contributed by atoms with van der Waals surface area (Å²) < 4.78 is 34.7. The van der Waals surface area contributed by atoms with Gasteiger partial charge in [0.2, 0.25) is 11.8 Å². The van der Waals surface area contributed by atoms with Crippen molar-refractivity contribution in [3.8, 4) is 5.75 Å². The molecule has 4 N–H and O–H groups in total. The molecule has 0 unspecified atom stereocenters. The Labute approximate surface area is 282 Å². The molecule has 3 aromatic carbocycles. The minimum absolute atomic E-state index is 0.0930. The van der Waals surface area contributed by atoms with Crippen molar-refractivity contribution >= 4 is 27.8 Å². The Hall–Kier alpha value is -3.69. The van der Waals surface area contributed by atoms with Crippen molar-refractivity contribution in [1.29, 1.82) is 0 Å². The summed E-state index contributed by atoms with van der Waals surface area (Å²) in [4.78, 5) is 26.4. The van der Waals surface area contributed by atoms with Crippen LogP contribution in [0, 0.1) is 0 Å². The SMILES string of the molecule is CC(C)c1cc(C(C)C)c(CC(=O)NS(=O)(=O)Oc2c(C(C)C)cc(NC(=O)[C@@H](N)Cc3ccccc3)cc2C(C)C)c(C(C)C)c1. The third-order valence-corrected chi connectivity index (χ3v) is 9.18. The number of rotatable bonds is 14. The van der Waals surface area contributed by atoms with Crippen molar-refractivity contribution in [1.82, 2.24) is 4.72 Å². The Morgan fingerprint density at radius 1 is 0.723 bits per heavy atom. The van der Waals surface area contributed by atoms with Gasteiger partial charge in [-0.05, 0) is 76.0 Å². The number of hydrogen-bond donors (Lipinski definition) is 3. The molecule has 9 heteroatoms. The molecular weight excluding hydrogens is 611 g/mol. The van der Waals surface area contributed by atoms with Gasteiger partial charge in [-0.15, -0.1) is 0 Å². The maximum atomic E-state index is 13.4. The third kappa shape index (κ3) is 10.1. The van der Waals surface area contributed by atoms with Crippen molar-refractivity contribution in [2.24, 2.45) is 5.73 Å². The number of nitrogens with one attached hydrogen (secondary N) is 2. The summed E-state index contributed by atoms with van der Waals surface area (Å²) in [7, 11) is -4.54. The lowest BCUT2D eigenvalue weighted by atomic mass is 9.83. The van der Waals surface area contributed by atoms with Gasteiger partial charge in [-0.25, -0.2) is 4.72 Å². The van der Waals surface area contributed by atoms with E-state index in [4.69, 9.17) is 9.92 Å². The van der Waals surface area contributed by atoms with Crippen LogP contribution in [0.15, 0.2) is 54.6 Å². The first-order valence-corrected chi connectivity index (χ1v) is 18.0. The van der Waals surface area contributed by atoms with E-state index in [0.717, 1.165) is 22.3 Å². The average Bonchev–Trinajstić information content (AvgIpc) is 2.96. The molecule has 0 radical (unpaired) electrons. The van der Waals surface area contributed by atoms with Crippen LogP contribution in [0.5, 0.6) is 5.75 Å². The van der Waals surface area contributed by atoms with E-state index in [9.17, 15) is 18.0 Å². The molecule has 0 saturated heterocycles. The van der Waals surface area contributed by atoms with Gasteiger partial charge in [0, 0.05) is 16.8 Å². The van der Waals surface area contributed by atoms with Gasteiger partial charge in [-0.1, -0.05) is 112 Å². The number of carbonyl (C=O) groups is 2. The fourth-order valence-corrected chi connectivity index (χ4v) is 6.48. The number of anilines is 1. The average molecular weight is 664 g/mol. The van der Waals surface area contributed by atoms with Gasteiger partial charge in [0.15, 0.2) is 5.75 Å². The number of nitrogens with two attached hydrogens (primary N) is 1. The van der Waals surface area contributed by atoms with Crippen molar-refractivity contribution in [3.05, 3.63) is 93.5 Å². The molecule has 0 aromatic heterocycles. The molecule has 0 fully saturated rings. The zero-order valence-corrected chi connectivity index (χ0v) is 30.4. The Balaban J connectivity index is 1.90. The van der Waals surface area contributed by atoms with Crippen LogP contribution in [-0.4, -0.2) is 26.3 Å². The van der Waals surface area contributed by atoms with Crippen molar-refractivity contribution in [3.63, 3.8) is 0 Å². The maximum absolute atomic E-state index is 13.4. The Kier molecular flexibility index (Phi) is 12.8. The van der Waals surface area contributed by atoms with Crippen LogP contribution < -0.4 is 20.0 Å². The van der Waals surface area contributed by atoms with Gasteiger partial charge >= 0.3 is 10.3 Å². The predicted molar refractivity (Wildman–Crippen MR) is 191 cm³/mol. The van der Waals surface area contributed by atoms with E-state index in [1.54, 1.807) is 12.1 Å². The summed E-state index contributed by atoms with van der Waals surface area (Å²) in [5.74, 6) is -0.581. The summed E-state index contributed by atoms with van der Waals surface area (Å²) >= 11 is 0. The van der Waals surface area contributed by atoms with Crippen LogP contribution in [0.4, 0.5) is 5.69 Å². The minimum Gasteiger partial charge on any atom is -0.366 e. The second-order valence-electron chi connectivity index (χ2n) is 14.0. The first-order valence-electron chi connectivity index (χ1n) is 16.6. The first kappa shape index (κ1) is 37.8. The summed E-state index contributed by atoms with van der Waals surface area (Å²) in [6.07, 6.45) is 0.281. The second kappa shape index (κ2) is 15.9. The molecule has 8 nitrogen and oxygen atoms in total. The van der Waals surface area contributed by atoms with Gasteiger partial charge in [0.05, 0.1) is 12.5 Å². The number of carbonyl (C=O) groups excluding carboxylic acids is 2. The molecule has 0 bridgehead atoms. The van der Waals surface area contributed by atoms with E-state index in [2.05, 4.69) is 63.7 Å². The second-order valence-corrected chi connectivity index (χ2v) is 15.2. The smallest absolute Gasteiger partial charge is 0.366 e. The van der Waals surface area contributed by atoms with Crippen LogP contribution >= 0.6 is 0 Å². The summed E-state index contributed by atoms with van der Waals surface area (Å²) in [5, 5.41) is 2.90. The lowest BCUT2D eigenvalue weighted by Crippen LogP contribution is -2.37. The molecule has 0 spiro atoms. The predicted octanol–water partition coefficient (Wildman–Crippen LogP) is 7.79. The highest BCUT2D eigenvalue weighted by Crippen LogP contribution is 2.38. The molecule has 1 atom stereocenters. The van der Waals surface area contributed by atoms with Gasteiger partial charge < -0.3 is 15.2 Å². The fourth-order valence-electron chi connectivity index (χ4n) is 5.67. The Morgan fingerprint density at radius 3 is 1.66 bits per heavy atom. The molecule has 0 saturated carbocycles. The van der Waals surface area contributed by atoms with Crippen LogP contribution in [-0.2, 0) is 32.7 Å². The maximum Gasteiger partial charge on any atom is 0.409 e. The van der Waals surface area contributed by atoms with E-state index in [-0.39, 0.29) is 41.7 Å². The van der Waals surface area contributed by atoms with Gasteiger partial charge in [-0.3, -0.25) is 9.59 Å². The zero-order valence-electron chi connectivity index (χ0n) is 29.6. The lowest BCUT2D eigenvalue weighted by molar-refractivity contribution is -0.119. The number of amides is 2. The number of hydrogen-bond acceptors (Lipinski definition) is 6. The van der Waals surface area contributed by atoms with Crippen molar-refractivity contribution < 1.29 is 22.2 Å². The minimum atomic E-state index is -4.54. The third-order valence-electron chi connectivity index (χ3n) is 8.31. The molecule has 0 aliphatic heterocycles. The van der Waals surface area contributed by atoms with Gasteiger partial charge in [-0.2, -0.15) is 8.42 Å². The molecule has 3 aromatic rings. The van der Waals surface area contributed by atoms with E-state index in [1.165, 1.54) is 5.56 Å². The molecule has 3 rings (SSSR count). The summed E-state index contributed by atoms with van der Waals surface area (Å²) in [5.41, 5.74) is 12.9.